The van der Waals surface area contributed by atoms with Crippen LogP contribution in [-0.4, -0.2) is 36.3 Å². The number of carbonyl (C=O) groups excluding carboxylic acids is 2. The van der Waals surface area contributed by atoms with Gasteiger partial charge in [0.25, 0.3) is 0 Å². The highest BCUT2D eigenvalue weighted by Crippen LogP contribution is 2.32. The van der Waals surface area contributed by atoms with Crippen molar-refractivity contribution in [2.75, 3.05) is 25.0 Å². The molecule has 7 heteroatoms. The van der Waals surface area contributed by atoms with Gasteiger partial charge in [-0.3, -0.25) is 9.59 Å². The number of ether oxygens (including phenoxy) is 1. The van der Waals surface area contributed by atoms with Gasteiger partial charge in [-0.1, -0.05) is 29.8 Å². The first-order chi connectivity index (χ1) is 13.0. The van der Waals surface area contributed by atoms with Crippen molar-refractivity contribution in [2.45, 2.75) is 12.8 Å². The average Bonchev–Trinajstić information content (AvgIpc) is 2.68. The van der Waals surface area contributed by atoms with Crippen molar-refractivity contribution < 1.29 is 14.3 Å². The summed E-state index contributed by atoms with van der Waals surface area (Å²) in [6.45, 7) is 1.20. The number of para-hydroxylation sites is 1. The van der Waals surface area contributed by atoms with E-state index in [1.807, 2.05) is 30.3 Å². The molecule has 3 N–H and O–H groups in total. The molecule has 2 aromatic rings. The number of primary amides is 1. The predicted octanol–water partition coefficient (Wildman–Crippen LogP) is 3.27. The molecule has 6 nitrogen and oxygen atoms in total. The molecule has 1 aliphatic rings. The first kappa shape index (κ1) is 19.0. The fourth-order valence-electron chi connectivity index (χ4n) is 3.04. The fourth-order valence-corrected chi connectivity index (χ4v) is 3.21. The molecule has 0 saturated carbocycles. The number of benzene rings is 2. The number of carbonyl (C=O) groups is 2. The molecule has 0 spiro atoms. The number of nitrogens with zero attached hydrogens (tertiary/aromatic N) is 1. The summed E-state index contributed by atoms with van der Waals surface area (Å²) in [7, 11) is 0. The number of amides is 2. The Balaban J connectivity index is 1.61. The second kappa shape index (κ2) is 8.77. The molecule has 3 rings (SSSR count). The minimum Gasteiger partial charge on any atom is -0.455 e. The summed E-state index contributed by atoms with van der Waals surface area (Å²) in [6, 6.07) is 14.6. The molecule has 2 amide bonds. The predicted molar refractivity (Wildman–Crippen MR) is 105 cm³/mol. The largest absolute Gasteiger partial charge is 0.455 e. The van der Waals surface area contributed by atoms with E-state index >= 15 is 0 Å². The van der Waals surface area contributed by atoms with Crippen LogP contribution in [0, 0.1) is 5.92 Å². The standard InChI is InChI=1S/C20H22ClN3O3/c21-15-6-7-18(27-16-4-2-1-3-5-16)17(12-15)23-13-19(25)24-10-8-14(9-11-24)20(22)26/h1-7,12,14,23H,8-11,13H2,(H2,22,26). The molecular formula is C20H22ClN3O3. The second-order valence-electron chi connectivity index (χ2n) is 6.47. The van der Waals surface area contributed by atoms with E-state index in [9.17, 15) is 9.59 Å². The van der Waals surface area contributed by atoms with Gasteiger partial charge in [-0.05, 0) is 43.2 Å². The van der Waals surface area contributed by atoms with Gasteiger partial charge in [-0.15, -0.1) is 0 Å². The molecular weight excluding hydrogens is 366 g/mol. The lowest BCUT2D eigenvalue weighted by atomic mass is 9.96. The second-order valence-corrected chi connectivity index (χ2v) is 6.90. The topological polar surface area (TPSA) is 84.7 Å². The van der Waals surface area contributed by atoms with Crippen molar-refractivity contribution in [3.63, 3.8) is 0 Å². The maximum Gasteiger partial charge on any atom is 0.241 e. The highest BCUT2D eigenvalue weighted by Gasteiger charge is 2.25. The molecule has 0 aliphatic carbocycles. The van der Waals surface area contributed by atoms with E-state index in [0.29, 0.717) is 48.1 Å². The van der Waals surface area contributed by atoms with Crippen molar-refractivity contribution in [3.8, 4) is 11.5 Å². The Hall–Kier alpha value is -2.73. The van der Waals surface area contributed by atoms with Crippen LogP contribution in [0.2, 0.25) is 5.02 Å². The Morgan fingerprint density at radius 2 is 1.85 bits per heavy atom. The summed E-state index contributed by atoms with van der Waals surface area (Å²) >= 11 is 6.09. The van der Waals surface area contributed by atoms with Gasteiger partial charge in [-0.2, -0.15) is 0 Å². The summed E-state index contributed by atoms with van der Waals surface area (Å²) < 4.78 is 5.89. The molecule has 0 aromatic heterocycles. The third-order valence-electron chi connectivity index (χ3n) is 4.59. The highest BCUT2D eigenvalue weighted by molar-refractivity contribution is 6.30. The van der Waals surface area contributed by atoms with Gasteiger partial charge in [0.2, 0.25) is 11.8 Å². The van der Waals surface area contributed by atoms with E-state index < -0.39 is 0 Å². The van der Waals surface area contributed by atoms with Gasteiger partial charge in [-0.25, -0.2) is 0 Å². The van der Waals surface area contributed by atoms with Gasteiger partial charge in [0.15, 0.2) is 5.75 Å². The summed E-state index contributed by atoms with van der Waals surface area (Å²) in [5.74, 6) is 0.819. The van der Waals surface area contributed by atoms with Crippen molar-refractivity contribution in [1.29, 1.82) is 0 Å². The number of halogens is 1. The number of piperidine rings is 1. The van der Waals surface area contributed by atoms with E-state index in [1.165, 1.54) is 0 Å². The van der Waals surface area contributed by atoms with E-state index in [-0.39, 0.29) is 24.3 Å². The van der Waals surface area contributed by atoms with Crippen LogP contribution in [-0.2, 0) is 9.59 Å². The van der Waals surface area contributed by atoms with E-state index in [4.69, 9.17) is 22.1 Å². The first-order valence-corrected chi connectivity index (χ1v) is 9.24. The van der Waals surface area contributed by atoms with Crippen molar-refractivity contribution in [1.82, 2.24) is 4.90 Å². The lowest BCUT2D eigenvalue weighted by Gasteiger charge is -2.30. The number of anilines is 1. The molecule has 0 unspecified atom stereocenters. The van der Waals surface area contributed by atoms with Gasteiger partial charge >= 0.3 is 0 Å². The van der Waals surface area contributed by atoms with E-state index in [1.54, 1.807) is 23.1 Å². The molecule has 0 radical (unpaired) electrons. The monoisotopic (exact) mass is 387 g/mol. The lowest BCUT2D eigenvalue weighted by molar-refractivity contribution is -0.133. The van der Waals surface area contributed by atoms with Gasteiger partial charge < -0.3 is 20.7 Å². The number of nitrogens with one attached hydrogen (secondary N) is 1. The molecule has 0 bridgehead atoms. The van der Waals surface area contributed by atoms with Crippen LogP contribution >= 0.6 is 11.6 Å². The summed E-state index contributed by atoms with van der Waals surface area (Å²) in [6.07, 6.45) is 1.22. The van der Waals surface area contributed by atoms with Gasteiger partial charge in [0, 0.05) is 24.0 Å². The molecule has 1 saturated heterocycles. The quantitative estimate of drug-likeness (QED) is 0.796. The van der Waals surface area contributed by atoms with Crippen LogP contribution in [0.15, 0.2) is 48.5 Å². The van der Waals surface area contributed by atoms with E-state index in [2.05, 4.69) is 5.32 Å². The lowest BCUT2D eigenvalue weighted by Crippen LogP contribution is -2.43. The fraction of sp³-hybridized carbons (Fsp3) is 0.300. The summed E-state index contributed by atoms with van der Waals surface area (Å²) in [5, 5.41) is 3.66. The molecule has 1 aliphatic heterocycles. The Bertz CT molecular complexity index is 805. The maximum absolute atomic E-state index is 12.5. The van der Waals surface area contributed by atoms with Crippen LogP contribution in [0.1, 0.15) is 12.8 Å². The normalized spacial score (nSPS) is 14.6. The number of hydrogen-bond donors (Lipinski definition) is 2. The van der Waals surface area contributed by atoms with Gasteiger partial charge in [0.05, 0.1) is 12.2 Å². The van der Waals surface area contributed by atoms with Crippen molar-refractivity contribution in [3.05, 3.63) is 53.6 Å². The van der Waals surface area contributed by atoms with E-state index in [0.717, 1.165) is 0 Å². The minimum absolute atomic E-state index is 0.0384. The SMILES string of the molecule is NC(=O)C1CCN(C(=O)CNc2cc(Cl)ccc2Oc2ccccc2)CC1. The Labute approximate surface area is 163 Å². The van der Waals surface area contributed by atoms with Crippen LogP contribution in [0.5, 0.6) is 11.5 Å². The van der Waals surface area contributed by atoms with Crippen molar-refractivity contribution >= 4 is 29.1 Å². The average molecular weight is 388 g/mol. The Kier molecular flexibility index (Phi) is 6.19. The number of hydrogen-bond acceptors (Lipinski definition) is 4. The highest BCUT2D eigenvalue weighted by atomic mass is 35.5. The Morgan fingerprint density at radius 1 is 1.15 bits per heavy atom. The Morgan fingerprint density at radius 3 is 2.52 bits per heavy atom. The zero-order valence-corrected chi connectivity index (χ0v) is 15.6. The third kappa shape index (κ3) is 5.14. The third-order valence-corrected chi connectivity index (χ3v) is 4.83. The maximum atomic E-state index is 12.5. The van der Waals surface area contributed by atoms with Crippen LogP contribution in [0.3, 0.4) is 0 Å². The van der Waals surface area contributed by atoms with Gasteiger partial charge in [0.1, 0.15) is 5.75 Å². The molecule has 27 heavy (non-hydrogen) atoms. The molecule has 1 heterocycles. The number of rotatable bonds is 6. The molecule has 2 aromatic carbocycles. The smallest absolute Gasteiger partial charge is 0.241 e. The summed E-state index contributed by atoms with van der Waals surface area (Å²) in [5.41, 5.74) is 5.98. The zero-order valence-electron chi connectivity index (χ0n) is 14.9. The number of likely N-dealkylation sites (tertiary alicyclic amines) is 1. The van der Waals surface area contributed by atoms with Crippen LogP contribution < -0.4 is 15.8 Å². The minimum atomic E-state index is -0.290. The van der Waals surface area contributed by atoms with Crippen LogP contribution in [0.4, 0.5) is 5.69 Å². The van der Waals surface area contributed by atoms with Crippen LogP contribution in [0.25, 0.3) is 0 Å². The summed E-state index contributed by atoms with van der Waals surface area (Å²) in [4.78, 5) is 25.5. The zero-order chi connectivity index (χ0) is 19.2. The molecule has 142 valence electrons. The molecule has 0 atom stereocenters. The molecule has 1 fully saturated rings. The van der Waals surface area contributed by atoms with Crippen molar-refractivity contribution in [2.24, 2.45) is 11.7 Å². The number of nitrogens with two attached hydrogens (primary N) is 1. The first-order valence-electron chi connectivity index (χ1n) is 8.86.